The molecule has 1 N–H and O–H groups in total. The zero-order valence-electron chi connectivity index (χ0n) is 13.7. The summed E-state index contributed by atoms with van der Waals surface area (Å²) in [5, 5.41) is 7.17. The van der Waals surface area contributed by atoms with Gasteiger partial charge in [-0.2, -0.15) is 0 Å². The molecule has 0 spiro atoms. The standard InChI is InChI=1S/C17H16ClN3O4/c1-23-14-8-15(24-2)12(18)6-11(14)13-7-16(25-21-13)17(22)20-10-4-3-5-19-9-10/h3-6,8-9,16H,7H2,1-2H3,(H,20,22)/t16-/m1/s1. The van der Waals surface area contributed by atoms with Gasteiger partial charge >= 0.3 is 0 Å². The average molecular weight is 362 g/mol. The maximum atomic E-state index is 12.3. The topological polar surface area (TPSA) is 82.0 Å². The van der Waals surface area contributed by atoms with Crippen LogP contribution in [0.4, 0.5) is 5.69 Å². The minimum Gasteiger partial charge on any atom is -0.496 e. The zero-order chi connectivity index (χ0) is 17.8. The number of methoxy groups -OCH3 is 2. The molecule has 1 aromatic heterocycles. The summed E-state index contributed by atoms with van der Waals surface area (Å²) in [6, 6.07) is 6.83. The van der Waals surface area contributed by atoms with Crippen LogP contribution in [-0.2, 0) is 9.63 Å². The molecule has 130 valence electrons. The summed E-state index contributed by atoms with van der Waals surface area (Å²) in [5.74, 6) is 0.731. The van der Waals surface area contributed by atoms with Crippen molar-refractivity contribution < 1.29 is 19.1 Å². The fourth-order valence-electron chi connectivity index (χ4n) is 2.42. The second kappa shape index (κ2) is 7.40. The Kier molecular flexibility index (Phi) is 5.04. The number of hydrogen-bond acceptors (Lipinski definition) is 6. The molecule has 2 heterocycles. The summed E-state index contributed by atoms with van der Waals surface area (Å²) in [6.45, 7) is 0. The summed E-state index contributed by atoms with van der Waals surface area (Å²) < 4.78 is 10.5. The lowest BCUT2D eigenvalue weighted by molar-refractivity contribution is -0.125. The van der Waals surface area contributed by atoms with Gasteiger partial charge in [0.1, 0.15) is 11.5 Å². The van der Waals surface area contributed by atoms with E-state index in [-0.39, 0.29) is 5.91 Å². The number of rotatable bonds is 5. The van der Waals surface area contributed by atoms with E-state index in [1.807, 2.05) is 0 Å². The van der Waals surface area contributed by atoms with Crippen molar-refractivity contribution in [3.05, 3.63) is 47.2 Å². The van der Waals surface area contributed by atoms with Crippen molar-refractivity contribution in [3.8, 4) is 11.5 Å². The Morgan fingerprint density at radius 2 is 2.12 bits per heavy atom. The Morgan fingerprint density at radius 1 is 1.32 bits per heavy atom. The Morgan fingerprint density at radius 3 is 2.80 bits per heavy atom. The van der Waals surface area contributed by atoms with Crippen LogP contribution in [0.25, 0.3) is 0 Å². The number of halogens is 1. The number of anilines is 1. The number of carbonyl (C=O) groups excluding carboxylic acids is 1. The number of pyridine rings is 1. The fraction of sp³-hybridized carbons (Fsp3) is 0.235. The van der Waals surface area contributed by atoms with Gasteiger partial charge in [-0.3, -0.25) is 9.78 Å². The summed E-state index contributed by atoms with van der Waals surface area (Å²) >= 11 is 6.18. The SMILES string of the molecule is COc1cc(OC)c(C2=NO[C@@H](C(=O)Nc3cccnc3)C2)cc1Cl. The first-order valence-corrected chi connectivity index (χ1v) is 7.85. The molecule has 0 radical (unpaired) electrons. The van der Waals surface area contributed by atoms with Crippen LogP contribution >= 0.6 is 11.6 Å². The second-order valence-electron chi connectivity index (χ2n) is 5.25. The molecule has 0 fully saturated rings. The van der Waals surface area contributed by atoms with Gasteiger partial charge in [-0.05, 0) is 18.2 Å². The number of amides is 1. The number of nitrogens with one attached hydrogen (secondary N) is 1. The third-order valence-corrected chi connectivity index (χ3v) is 3.97. The van der Waals surface area contributed by atoms with Crippen LogP contribution in [0, 0.1) is 0 Å². The van der Waals surface area contributed by atoms with Crippen LogP contribution in [0.15, 0.2) is 41.8 Å². The van der Waals surface area contributed by atoms with Crippen molar-refractivity contribution in [2.45, 2.75) is 12.5 Å². The van der Waals surface area contributed by atoms with Crippen LogP contribution < -0.4 is 14.8 Å². The lowest BCUT2D eigenvalue weighted by Crippen LogP contribution is -2.28. The van der Waals surface area contributed by atoms with E-state index in [9.17, 15) is 4.79 Å². The lowest BCUT2D eigenvalue weighted by atomic mass is 10.0. The number of oxime groups is 1. The highest BCUT2D eigenvalue weighted by atomic mass is 35.5. The highest BCUT2D eigenvalue weighted by Gasteiger charge is 2.30. The summed E-state index contributed by atoms with van der Waals surface area (Å²) in [7, 11) is 3.06. The predicted octanol–water partition coefficient (Wildman–Crippen LogP) is 2.88. The van der Waals surface area contributed by atoms with E-state index in [0.717, 1.165) is 0 Å². The van der Waals surface area contributed by atoms with Gasteiger partial charge in [0.25, 0.3) is 5.91 Å². The van der Waals surface area contributed by atoms with Crippen LogP contribution in [0.2, 0.25) is 5.02 Å². The van der Waals surface area contributed by atoms with Gasteiger partial charge in [-0.15, -0.1) is 0 Å². The summed E-state index contributed by atoms with van der Waals surface area (Å²) in [6.07, 6.45) is 2.75. The maximum Gasteiger partial charge on any atom is 0.268 e. The molecular formula is C17H16ClN3O4. The van der Waals surface area contributed by atoms with Crippen LogP contribution in [0.1, 0.15) is 12.0 Å². The third-order valence-electron chi connectivity index (χ3n) is 3.68. The molecule has 0 saturated heterocycles. The molecule has 0 aliphatic carbocycles. The highest BCUT2D eigenvalue weighted by molar-refractivity contribution is 6.32. The van der Waals surface area contributed by atoms with Crippen molar-refractivity contribution in [3.63, 3.8) is 0 Å². The molecule has 1 aliphatic heterocycles. The molecule has 1 atom stereocenters. The largest absolute Gasteiger partial charge is 0.496 e. The van der Waals surface area contributed by atoms with Crippen LogP contribution in [0.5, 0.6) is 11.5 Å². The summed E-state index contributed by atoms with van der Waals surface area (Å²) in [5.41, 5.74) is 1.83. The monoisotopic (exact) mass is 361 g/mol. The van der Waals surface area contributed by atoms with Crippen molar-refractivity contribution in [2.75, 3.05) is 19.5 Å². The van der Waals surface area contributed by atoms with E-state index in [1.165, 1.54) is 14.2 Å². The average Bonchev–Trinajstić information content (AvgIpc) is 3.12. The Balaban J connectivity index is 1.74. The molecule has 1 aromatic carbocycles. The quantitative estimate of drug-likeness (QED) is 0.885. The molecule has 3 rings (SSSR count). The number of aromatic nitrogens is 1. The fourth-order valence-corrected chi connectivity index (χ4v) is 2.66. The zero-order valence-corrected chi connectivity index (χ0v) is 14.4. The molecule has 8 heteroatoms. The van der Waals surface area contributed by atoms with Gasteiger partial charge in [0.2, 0.25) is 6.10 Å². The molecule has 0 bridgehead atoms. The molecule has 25 heavy (non-hydrogen) atoms. The van der Waals surface area contributed by atoms with E-state index in [4.69, 9.17) is 25.9 Å². The lowest BCUT2D eigenvalue weighted by Gasteiger charge is -2.12. The Bertz CT molecular complexity index is 811. The van der Waals surface area contributed by atoms with Gasteiger partial charge in [0.05, 0.1) is 36.8 Å². The van der Waals surface area contributed by atoms with Crippen molar-refractivity contribution in [2.24, 2.45) is 5.16 Å². The molecule has 0 saturated carbocycles. The number of benzene rings is 1. The first-order valence-electron chi connectivity index (χ1n) is 7.48. The first-order chi connectivity index (χ1) is 12.1. The van der Waals surface area contributed by atoms with Gasteiger partial charge in [-0.1, -0.05) is 16.8 Å². The van der Waals surface area contributed by atoms with E-state index in [2.05, 4.69) is 15.5 Å². The predicted molar refractivity (Wildman–Crippen MR) is 93.4 cm³/mol. The Labute approximate surface area is 149 Å². The minimum atomic E-state index is -0.735. The first kappa shape index (κ1) is 17.0. The number of carbonyl (C=O) groups is 1. The van der Waals surface area contributed by atoms with Gasteiger partial charge in [0, 0.05) is 24.2 Å². The molecule has 1 amide bonds. The highest BCUT2D eigenvalue weighted by Crippen LogP contribution is 2.34. The molecule has 0 unspecified atom stereocenters. The number of nitrogens with zero attached hydrogens (tertiary/aromatic N) is 2. The Hall–Kier alpha value is -2.80. The van der Waals surface area contributed by atoms with Crippen molar-refractivity contribution in [1.82, 2.24) is 4.98 Å². The van der Waals surface area contributed by atoms with E-state index in [1.54, 1.807) is 36.7 Å². The summed E-state index contributed by atoms with van der Waals surface area (Å²) in [4.78, 5) is 21.5. The van der Waals surface area contributed by atoms with Gasteiger partial charge in [0.15, 0.2) is 0 Å². The molecular weight excluding hydrogens is 346 g/mol. The minimum absolute atomic E-state index is 0.297. The second-order valence-corrected chi connectivity index (χ2v) is 5.66. The molecule has 7 nitrogen and oxygen atoms in total. The maximum absolute atomic E-state index is 12.3. The molecule has 2 aromatic rings. The van der Waals surface area contributed by atoms with Crippen molar-refractivity contribution in [1.29, 1.82) is 0 Å². The number of ether oxygens (including phenoxy) is 2. The van der Waals surface area contributed by atoms with Gasteiger partial charge in [-0.25, -0.2) is 0 Å². The van der Waals surface area contributed by atoms with E-state index in [0.29, 0.717) is 39.9 Å². The normalized spacial score (nSPS) is 16.0. The van der Waals surface area contributed by atoms with Crippen molar-refractivity contribution >= 4 is 28.9 Å². The third kappa shape index (κ3) is 3.66. The van der Waals surface area contributed by atoms with Gasteiger partial charge < -0.3 is 19.6 Å². The molecule has 1 aliphatic rings. The number of hydrogen-bond donors (Lipinski definition) is 1. The van der Waals surface area contributed by atoms with Crippen LogP contribution in [0.3, 0.4) is 0 Å². The van der Waals surface area contributed by atoms with E-state index < -0.39 is 6.10 Å². The van der Waals surface area contributed by atoms with E-state index >= 15 is 0 Å². The smallest absolute Gasteiger partial charge is 0.268 e. The van der Waals surface area contributed by atoms with Crippen LogP contribution in [-0.4, -0.2) is 36.9 Å².